The highest BCUT2D eigenvalue weighted by molar-refractivity contribution is 9.10. The van der Waals surface area contributed by atoms with Crippen molar-refractivity contribution in [1.29, 1.82) is 0 Å². The Morgan fingerprint density at radius 2 is 1.80 bits per heavy atom. The lowest BCUT2D eigenvalue weighted by Crippen LogP contribution is -2.35. The van der Waals surface area contributed by atoms with E-state index < -0.39 is 10.0 Å². The number of benzene rings is 2. The summed E-state index contributed by atoms with van der Waals surface area (Å²) < 4.78 is 27.3. The minimum Gasteiger partial charge on any atom is -0.507 e. The fourth-order valence-electron chi connectivity index (χ4n) is 3.21. The standard InChI is InChI=1S/C19H20BBrN2O6S/c20-15-8-11(9-16(21)18(15)26)7-14-13-10-12(1-2-17(13)22-19(14)27)30(28,29)23(3-5-24)4-6-25/h1-2,7-10,24-26H,3-6,20H2,(H,22,27)/b14-7-. The molecular weight excluding hydrogens is 475 g/mol. The number of sulfonamides is 1. The van der Waals surface area contributed by atoms with E-state index in [9.17, 15) is 18.3 Å². The van der Waals surface area contributed by atoms with Gasteiger partial charge in [0.25, 0.3) is 5.91 Å². The Labute approximate surface area is 183 Å². The number of nitrogens with zero attached hydrogens (tertiary/aromatic N) is 1. The fourth-order valence-corrected chi connectivity index (χ4v) is 5.23. The summed E-state index contributed by atoms with van der Waals surface area (Å²) in [4.78, 5) is 12.5. The number of rotatable bonds is 7. The molecule has 0 spiro atoms. The first-order chi connectivity index (χ1) is 14.2. The third-order valence-corrected chi connectivity index (χ3v) is 7.20. The molecule has 0 radical (unpaired) electrons. The SMILES string of the molecule is Bc1cc(/C=C2\C(=O)Nc3ccc(S(=O)(=O)N(CCO)CCO)cc32)cc(Br)c1O. The van der Waals surface area contributed by atoms with E-state index in [1.165, 1.54) is 18.2 Å². The van der Waals surface area contributed by atoms with Gasteiger partial charge in [-0.25, -0.2) is 8.42 Å². The summed E-state index contributed by atoms with van der Waals surface area (Å²) in [6.45, 7) is -1.07. The smallest absolute Gasteiger partial charge is 0.256 e. The lowest BCUT2D eigenvalue weighted by atomic mass is 9.92. The minimum atomic E-state index is -3.97. The van der Waals surface area contributed by atoms with Gasteiger partial charge in [0.2, 0.25) is 10.0 Å². The molecule has 4 N–H and O–H groups in total. The van der Waals surface area contributed by atoms with Crippen molar-refractivity contribution in [3.8, 4) is 5.75 Å². The van der Waals surface area contributed by atoms with E-state index in [1.807, 2.05) is 0 Å². The summed E-state index contributed by atoms with van der Waals surface area (Å²) in [5.74, 6) is -0.265. The normalized spacial score (nSPS) is 14.9. The number of phenols is 1. The van der Waals surface area contributed by atoms with Crippen LogP contribution in [0.1, 0.15) is 11.1 Å². The van der Waals surface area contributed by atoms with Gasteiger partial charge in [0.05, 0.1) is 22.6 Å². The van der Waals surface area contributed by atoms with Crippen molar-refractivity contribution in [1.82, 2.24) is 4.31 Å². The van der Waals surface area contributed by atoms with Crippen molar-refractivity contribution < 1.29 is 28.5 Å². The Hall–Kier alpha value is -2.18. The monoisotopic (exact) mass is 494 g/mol. The lowest BCUT2D eigenvalue weighted by molar-refractivity contribution is -0.110. The maximum atomic E-state index is 12.9. The molecule has 30 heavy (non-hydrogen) atoms. The van der Waals surface area contributed by atoms with Gasteiger partial charge < -0.3 is 20.6 Å². The number of aliphatic hydroxyl groups excluding tert-OH is 2. The molecule has 0 aliphatic carbocycles. The van der Waals surface area contributed by atoms with E-state index in [2.05, 4.69) is 21.2 Å². The van der Waals surface area contributed by atoms with Crippen LogP contribution in [0.4, 0.5) is 5.69 Å². The molecule has 2 aromatic rings. The maximum absolute atomic E-state index is 12.9. The Bertz CT molecular complexity index is 1110. The number of carbonyl (C=O) groups excluding carboxylic acids is 1. The van der Waals surface area contributed by atoms with Crippen LogP contribution in [-0.4, -0.2) is 68.1 Å². The predicted molar refractivity (Wildman–Crippen MR) is 120 cm³/mol. The Morgan fingerprint density at radius 3 is 2.40 bits per heavy atom. The summed E-state index contributed by atoms with van der Waals surface area (Å²) in [6, 6.07) is 7.66. The number of anilines is 1. The van der Waals surface area contributed by atoms with Crippen molar-refractivity contribution >= 4 is 62.5 Å². The molecule has 8 nitrogen and oxygen atoms in total. The van der Waals surface area contributed by atoms with Gasteiger partial charge in [0, 0.05) is 29.9 Å². The molecule has 0 saturated carbocycles. The summed E-state index contributed by atoms with van der Waals surface area (Å²) in [7, 11) is -2.24. The molecule has 3 rings (SSSR count). The van der Waals surface area contributed by atoms with Gasteiger partial charge in [-0.3, -0.25) is 4.79 Å². The molecule has 1 heterocycles. The highest BCUT2D eigenvalue weighted by atomic mass is 79.9. The number of nitrogens with one attached hydrogen (secondary N) is 1. The van der Waals surface area contributed by atoms with Crippen LogP contribution < -0.4 is 10.8 Å². The average Bonchev–Trinajstić information content (AvgIpc) is 3.00. The van der Waals surface area contributed by atoms with Gasteiger partial charge in [-0.2, -0.15) is 4.31 Å². The number of aliphatic hydroxyl groups is 2. The zero-order valence-electron chi connectivity index (χ0n) is 16.1. The van der Waals surface area contributed by atoms with Crippen LogP contribution in [0.25, 0.3) is 11.6 Å². The topological polar surface area (TPSA) is 127 Å². The highest BCUT2D eigenvalue weighted by Crippen LogP contribution is 2.36. The lowest BCUT2D eigenvalue weighted by Gasteiger charge is -2.20. The second-order valence-corrected chi connectivity index (χ2v) is 9.53. The van der Waals surface area contributed by atoms with Crippen molar-refractivity contribution in [2.75, 3.05) is 31.6 Å². The van der Waals surface area contributed by atoms with E-state index >= 15 is 0 Å². The molecule has 1 aliphatic heterocycles. The van der Waals surface area contributed by atoms with E-state index in [-0.39, 0.29) is 48.4 Å². The van der Waals surface area contributed by atoms with Crippen LogP contribution in [0.15, 0.2) is 39.7 Å². The zero-order chi connectivity index (χ0) is 22.1. The van der Waals surface area contributed by atoms with Crippen LogP contribution in [0.2, 0.25) is 0 Å². The average molecular weight is 495 g/mol. The van der Waals surface area contributed by atoms with E-state index in [0.29, 0.717) is 26.7 Å². The fraction of sp³-hybridized carbons (Fsp3) is 0.211. The van der Waals surface area contributed by atoms with Crippen molar-refractivity contribution in [3.05, 3.63) is 45.9 Å². The zero-order valence-corrected chi connectivity index (χ0v) is 18.5. The van der Waals surface area contributed by atoms with Gasteiger partial charge in [0.15, 0.2) is 0 Å². The number of amides is 1. The summed E-state index contributed by atoms with van der Waals surface area (Å²) in [5, 5.41) is 30.9. The van der Waals surface area contributed by atoms with Crippen LogP contribution in [0, 0.1) is 0 Å². The third kappa shape index (κ3) is 4.30. The van der Waals surface area contributed by atoms with E-state index in [0.717, 1.165) is 4.31 Å². The second-order valence-electron chi connectivity index (χ2n) is 6.74. The van der Waals surface area contributed by atoms with Gasteiger partial charge >= 0.3 is 0 Å². The minimum absolute atomic E-state index is 0.0476. The molecule has 1 aliphatic rings. The van der Waals surface area contributed by atoms with Crippen LogP contribution in [0.5, 0.6) is 5.75 Å². The van der Waals surface area contributed by atoms with Crippen molar-refractivity contribution in [3.63, 3.8) is 0 Å². The van der Waals surface area contributed by atoms with Gasteiger partial charge in [-0.05, 0) is 57.3 Å². The second kappa shape index (κ2) is 8.90. The number of carbonyl (C=O) groups is 1. The number of phenolic OH excluding ortho intramolecular Hbond substituents is 1. The molecule has 11 heteroatoms. The number of hydrogen-bond donors (Lipinski definition) is 4. The van der Waals surface area contributed by atoms with Gasteiger partial charge in [-0.1, -0.05) is 6.07 Å². The number of aromatic hydroxyl groups is 1. The Morgan fingerprint density at radius 1 is 1.13 bits per heavy atom. The molecule has 2 aromatic carbocycles. The van der Waals surface area contributed by atoms with Crippen LogP contribution in [0.3, 0.4) is 0 Å². The molecule has 0 bridgehead atoms. The molecular formula is C19H20BBrN2O6S. The first kappa shape index (κ1) is 22.5. The molecule has 0 unspecified atom stereocenters. The largest absolute Gasteiger partial charge is 0.507 e. The Balaban J connectivity index is 2.07. The maximum Gasteiger partial charge on any atom is 0.256 e. The highest BCUT2D eigenvalue weighted by Gasteiger charge is 2.29. The Kier molecular flexibility index (Phi) is 6.68. The first-order valence-electron chi connectivity index (χ1n) is 9.07. The molecule has 0 saturated heterocycles. The van der Waals surface area contributed by atoms with Crippen LogP contribution >= 0.6 is 15.9 Å². The van der Waals surface area contributed by atoms with Crippen LogP contribution in [-0.2, 0) is 14.8 Å². The van der Waals surface area contributed by atoms with Gasteiger partial charge in [-0.15, -0.1) is 0 Å². The molecule has 0 fully saturated rings. The summed E-state index contributed by atoms with van der Waals surface area (Å²) >= 11 is 3.27. The van der Waals surface area contributed by atoms with Crippen molar-refractivity contribution in [2.24, 2.45) is 0 Å². The summed E-state index contributed by atoms with van der Waals surface area (Å²) in [5.41, 5.74) is 2.47. The third-order valence-electron chi connectivity index (χ3n) is 4.70. The molecule has 0 atom stereocenters. The first-order valence-corrected chi connectivity index (χ1v) is 11.3. The summed E-state index contributed by atoms with van der Waals surface area (Å²) in [6.07, 6.45) is 1.62. The molecule has 158 valence electrons. The van der Waals surface area contributed by atoms with Gasteiger partial charge in [0.1, 0.15) is 13.6 Å². The predicted octanol–water partition coefficient (Wildman–Crippen LogP) is -0.119. The molecule has 0 aromatic heterocycles. The molecule has 1 amide bonds. The number of fused-ring (bicyclic) bond motifs is 1. The van der Waals surface area contributed by atoms with E-state index in [1.54, 1.807) is 26.1 Å². The quantitative estimate of drug-likeness (QED) is 0.314. The van der Waals surface area contributed by atoms with Crippen molar-refractivity contribution in [2.45, 2.75) is 4.90 Å². The van der Waals surface area contributed by atoms with E-state index in [4.69, 9.17) is 10.2 Å². The number of halogens is 1. The number of hydrogen-bond acceptors (Lipinski definition) is 6.